The van der Waals surface area contributed by atoms with E-state index in [0.717, 1.165) is 0 Å². The van der Waals surface area contributed by atoms with E-state index in [2.05, 4.69) is 4.74 Å². The van der Waals surface area contributed by atoms with E-state index in [1.54, 1.807) is 36.4 Å². The van der Waals surface area contributed by atoms with Gasteiger partial charge in [0.2, 0.25) is 0 Å². The molecule has 0 amide bonds. The second kappa shape index (κ2) is 7.19. The summed E-state index contributed by atoms with van der Waals surface area (Å²) in [6.07, 6.45) is 0. The van der Waals surface area contributed by atoms with Crippen LogP contribution in [0, 0.1) is 0 Å². The lowest BCUT2D eigenvalue weighted by Gasteiger charge is -1.95. The molecule has 0 unspecified atom stereocenters. The number of rotatable bonds is 2. The molecule has 2 aromatic rings. The van der Waals surface area contributed by atoms with Gasteiger partial charge in [0.1, 0.15) is 17.2 Å². The van der Waals surface area contributed by atoms with Crippen molar-refractivity contribution in [1.29, 1.82) is 0 Å². The summed E-state index contributed by atoms with van der Waals surface area (Å²) >= 11 is 5.50. The smallest absolute Gasteiger partial charge is 0.298 e. The van der Waals surface area contributed by atoms with Crippen LogP contribution in [0.1, 0.15) is 0 Å². The summed E-state index contributed by atoms with van der Waals surface area (Å²) in [5, 5.41) is 18.2. The highest BCUT2D eigenvalue weighted by molar-refractivity contribution is 6.30. The van der Waals surface area contributed by atoms with E-state index in [1.165, 1.54) is 12.1 Å². The maximum absolute atomic E-state index is 9.78. The van der Waals surface area contributed by atoms with Gasteiger partial charge in [-0.25, -0.2) is 0 Å². The van der Waals surface area contributed by atoms with E-state index in [0.29, 0.717) is 17.2 Å². The van der Waals surface area contributed by atoms with Crippen molar-refractivity contribution >= 4 is 18.1 Å². The molecule has 0 bridgehead atoms. The molecule has 0 aromatic heterocycles. The minimum atomic E-state index is 0.0827. The predicted octanol–water partition coefficient (Wildman–Crippen LogP) is 2.97. The number of carbonyl (C=O) groups excluding carboxylic acids is 1. The fourth-order valence-corrected chi connectivity index (χ4v) is 1.18. The van der Waals surface area contributed by atoms with Gasteiger partial charge in [0.05, 0.1) is 0 Å². The Hall–Kier alpha value is -2.20. The van der Waals surface area contributed by atoms with Crippen LogP contribution in [0.5, 0.6) is 17.2 Å². The van der Waals surface area contributed by atoms with Crippen LogP contribution in [0.2, 0.25) is 5.02 Å². The van der Waals surface area contributed by atoms with Crippen molar-refractivity contribution in [3.63, 3.8) is 0 Å². The van der Waals surface area contributed by atoms with Crippen LogP contribution in [0.15, 0.2) is 48.5 Å². The standard InChI is InChI=1S/C7H6O3.C6H5ClO/c8-5-10-7-3-1-2-6(9)4-7;7-5-1-3-6(8)4-2-5/h1-5,9H;1-4,8H. The second-order valence-electron chi connectivity index (χ2n) is 3.19. The molecule has 0 spiro atoms. The second-order valence-corrected chi connectivity index (χ2v) is 3.62. The lowest BCUT2D eigenvalue weighted by atomic mass is 10.3. The number of hydrogen-bond acceptors (Lipinski definition) is 4. The fraction of sp³-hybridized carbons (Fsp3) is 0. The molecule has 0 saturated carbocycles. The Morgan fingerprint density at radius 2 is 1.67 bits per heavy atom. The highest BCUT2D eigenvalue weighted by Gasteiger charge is 1.91. The Morgan fingerprint density at radius 1 is 1.00 bits per heavy atom. The Balaban J connectivity index is 0.000000184. The van der Waals surface area contributed by atoms with Gasteiger partial charge >= 0.3 is 0 Å². The first kappa shape index (κ1) is 13.9. The summed E-state index contributed by atoms with van der Waals surface area (Å²) in [5.41, 5.74) is 0. The third-order valence-corrected chi connectivity index (χ3v) is 2.08. The van der Waals surface area contributed by atoms with Gasteiger partial charge in [0, 0.05) is 11.1 Å². The molecule has 4 nitrogen and oxygen atoms in total. The van der Waals surface area contributed by atoms with Crippen molar-refractivity contribution in [3.05, 3.63) is 53.6 Å². The lowest BCUT2D eigenvalue weighted by molar-refractivity contribution is -0.120. The first-order chi connectivity index (χ1) is 8.61. The highest BCUT2D eigenvalue weighted by atomic mass is 35.5. The van der Waals surface area contributed by atoms with E-state index in [4.69, 9.17) is 21.8 Å². The van der Waals surface area contributed by atoms with Gasteiger partial charge in [-0.2, -0.15) is 0 Å². The van der Waals surface area contributed by atoms with Gasteiger partial charge in [-0.05, 0) is 36.4 Å². The molecule has 18 heavy (non-hydrogen) atoms. The number of ether oxygens (including phenoxy) is 1. The van der Waals surface area contributed by atoms with Crippen LogP contribution in [-0.4, -0.2) is 16.7 Å². The minimum absolute atomic E-state index is 0.0827. The molecule has 0 atom stereocenters. The van der Waals surface area contributed by atoms with E-state index < -0.39 is 0 Å². The molecule has 94 valence electrons. The first-order valence-corrected chi connectivity index (χ1v) is 5.33. The average molecular weight is 267 g/mol. The summed E-state index contributed by atoms with van der Waals surface area (Å²) in [6.45, 7) is 0.314. The average Bonchev–Trinajstić information content (AvgIpc) is 2.34. The molecule has 0 heterocycles. The summed E-state index contributed by atoms with van der Waals surface area (Å²) in [6, 6.07) is 12.4. The van der Waals surface area contributed by atoms with Gasteiger partial charge in [0.15, 0.2) is 0 Å². The Morgan fingerprint density at radius 3 is 2.17 bits per heavy atom. The topological polar surface area (TPSA) is 66.8 Å². The number of aromatic hydroxyl groups is 2. The molecule has 0 radical (unpaired) electrons. The zero-order chi connectivity index (χ0) is 13.4. The Bertz CT molecular complexity index is 476. The molecule has 5 heteroatoms. The molecule has 0 aliphatic heterocycles. The van der Waals surface area contributed by atoms with Crippen molar-refractivity contribution in [2.75, 3.05) is 0 Å². The maximum atomic E-state index is 9.78. The van der Waals surface area contributed by atoms with E-state index >= 15 is 0 Å². The maximum Gasteiger partial charge on any atom is 0.298 e. The molecule has 0 fully saturated rings. The van der Waals surface area contributed by atoms with E-state index in [1.807, 2.05) is 0 Å². The van der Waals surface area contributed by atoms with E-state index in [-0.39, 0.29) is 11.5 Å². The SMILES string of the molecule is O=COc1cccc(O)c1.Oc1ccc(Cl)cc1. The van der Waals surface area contributed by atoms with Crippen LogP contribution in [-0.2, 0) is 4.79 Å². The van der Waals surface area contributed by atoms with Crippen molar-refractivity contribution in [2.45, 2.75) is 0 Å². The van der Waals surface area contributed by atoms with Gasteiger partial charge in [-0.15, -0.1) is 0 Å². The van der Waals surface area contributed by atoms with Crippen LogP contribution < -0.4 is 4.74 Å². The minimum Gasteiger partial charge on any atom is -0.508 e. The van der Waals surface area contributed by atoms with E-state index in [9.17, 15) is 4.79 Å². The third-order valence-electron chi connectivity index (χ3n) is 1.83. The van der Waals surface area contributed by atoms with Crippen molar-refractivity contribution in [3.8, 4) is 17.2 Å². The number of carbonyl (C=O) groups is 1. The van der Waals surface area contributed by atoms with Crippen molar-refractivity contribution in [1.82, 2.24) is 0 Å². The first-order valence-electron chi connectivity index (χ1n) is 4.95. The molecule has 2 rings (SSSR count). The molecular weight excluding hydrogens is 256 g/mol. The zero-order valence-electron chi connectivity index (χ0n) is 9.29. The largest absolute Gasteiger partial charge is 0.508 e. The summed E-state index contributed by atoms with van der Waals surface area (Å²) in [4.78, 5) is 9.78. The van der Waals surface area contributed by atoms with Crippen LogP contribution in [0.3, 0.4) is 0 Å². The number of benzene rings is 2. The number of phenols is 2. The number of phenolic OH excluding ortho intramolecular Hbond substituents is 2. The van der Waals surface area contributed by atoms with Gasteiger partial charge in [-0.1, -0.05) is 17.7 Å². The zero-order valence-corrected chi connectivity index (χ0v) is 10.0. The molecular formula is C13H11ClO4. The molecule has 0 aliphatic rings. The Labute approximate surface area is 109 Å². The highest BCUT2D eigenvalue weighted by Crippen LogP contribution is 2.16. The van der Waals surface area contributed by atoms with Gasteiger partial charge < -0.3 is 14.9 Å². The quantitative estimate of drug-likeness (QED) is 0.820. The monoisotopic (exact) mass is 266 g/mol. The summed E-state index contributed by atoms with van der Waals surface area (Å²) in [5.74, 6) is 0.670. The molecule has 2 N–H and O–H groups in total. The molecule has 0 saturated heterocycles. The normalized spacial score (nSPS) is 8.94. The predicted molar refractivity (Wildman–Crippen MR) is 67.9 cm³/mol. The Kier molecular flexibility index (Phi) is 5.54. The summed E-state index contributed by atoms with van der Waals surface area (Å²) < 4.78 is 4.45. The number of hydrogen-bond donors (Lipinski definition) is 2. The van der Waals surface area contributed by atoms with Crippen LogP contribution in [0.4, 0.5) is 0 Å². The van der Waals surface area contributed by atoms with Gasteiger partial charge in [-0.3, -0.25) is 4.79 Å². The van der Waals surface area contributed by atoms with Crippen LogP contribution >= 0.6 is 11.6 Å². The van der Waals surface area contributed by atoms with Gasteiger partial charge in [0.25, 0.3) is 6.47 Å². The fourth-order valence-electron chi connectivity index (χ4n) is 1.05. The number of halogens is 1. The molecule has 2 aromatic carbocycles. The molecule has 0 aliphatic carbocycles. The summed E-state index contributed by atoms with van der Waals surface area (Å²) in [7, 11) is 0. The lowest BCUT2D eigenvalue weighted by Crippen LogP contribution is -1.86. The van der Waals surface area contributed by atoms with Crippen molar-refractivity contribution < 1.29 is 19.7 Å². The third kappa shape index (κ3) is 5.23. The van der Waals surface area contributed by atoms with Crippen molar-refractivity contribution in [2.24, 2.45) is 0 Å². The van der Waals surface area contributed by atoms with Crippen LogP contribution in [0.25, 0.3) is 0 Å².